The summed E-state index contributed by atoms with van der Waals surface area (Å²) in [5.41, 5.74) is 0.464. The molecule has 0 heterocycles. The number of sulfonamides is 1. The van der Waals surface area contributed by atoms with Crippen LogP contribution >= 0.6 is 23.2 Å². The molecule has 2 rings (SSSR count). The van der Waals surface area contributed by atoms with Gasteiger partial charge >= 0.3 is 0 Å². The number of benzene rings is 2. The lowest BCUT2D eigenvalue weighted by Crippen LogP contribution is -2.30. The molecule has 0 bridgehead atoms. The molecule has 1 amide bonds. The van der Waals surface area contributed by atoms with Crippen LogP contribution in [0.5, 0.6) is 5.75 Å². The molecule has 0 unspecified atom stereocenters. The molecule has 0 aliphatic heterocycles. The van der Waals surface area contributed by atoms with E-state index in [9.17, 15) is 13.2 Å². The van der Waals surface area contributed by atoms with Gasteiger partial charge in [-0.05, 0) is 51.1 Å². The van der Waals surface area contributed by atoms with Gasteiger partial charge in [-0.25, -0.2) is 13.1 Å². The van der Waals surface area contributed by atoms with E-state index in [0.29, 0.717) is 10.7 Å². The average Bonchev–Trinajstić information content (AvgIpc) is 2.58. The maximum absolute atomic E-state index is 12.6. The van der Waals surface area contributed by atoms with Crippen molar-refractivity contribution >= 4 is 44.8 Å². The number of rotatable bonds is 7. The summed E-state index contributed by atoms with van der Waals surface area (Å²) in [5.74, 6) is -0.355. The van der Waals surface area contributed by atoms with Gasteiger partial charge in [0, 0.05) is 11.6 Å². The number of anilines is 1. The van der Waals surface area contributed by atoms with E-state index in [0.717, 1.165) is 0 Å². The molecule has 2 N–H and O–H groups in total. The smallest absolute Gasteiger partial charge is 0.255 e. The van der Waals surface area contributed by atoms with Gasteiger partial charge in [0.1, 0.15) is 10.6 Å². The van der Waals surface area contributed by atoms with E-state index in [1.165, 1.54) is 18.2 Å². The minimum atomic E-state index is -3.86. The number of carbonyl (C=O) groups is 1. The first-order valence-electron chi connectivity index (χ1n) is 8.20. The summed E-state index contributed by atoms with van der Waals surface area (Å²) >= 11 is 12.0. The van der Waals surface area contributed by atoms with Crippen LogP contribution in [0.2, 0.25) is 10.0 Å². The van der Waals surface area contributed by atoms with Gasteiger partial charge in [0.15, 0.2) is 0 Å². The van der Waals surface area contributed by atoms with E-state index in [-0.39, 0.29) is 33.9 Å². The molecule has 0 aliphatic carbocycles. The van der Waals surface area contributed by atoms with E-state index >= 15 is 0 Å². The zero-order chi connectivity index (χ0) is 20.2. The number of amides is 1. The summed E-state index contributed by atoms with van der Waals surface area (Å²) in [6, 6.07) is 8.72. The van der Waals surface area contributed by atoms with E-state index in [4.69, 9.17) is 27.9 Å². The van der Waals surface area contributed by atoms with Crippen molar-refractivity contribution in [2.24, 2.45) is 0 Å². The zero-order valence-corrected chi connectivity index (χ0v) is 17.4. The molecule has 0 aliphatic rings. The first-order valence-corrected chi connectivity index (χ1v) is 10.4. The van der Waals surface area contributed by atoms with Crippen molar-refractivity contribution in [2.75, 3.05) is 11.9 Å². The molecule has 27 heavy (non-hydrogen) atoms. The predicted octanol–water partition coefficient (Wildman–Crippen LogP) is 4.33. The second-order valence-corrected chi connectivity index (χ2v) is 8.39. The standard InChI is InChI=1S/C18H20Cl2N2O4S/c1-4-26-15-9-8-12(10-16(15)27(24,25)22-11(2)3)18(23)21-14-7-5-6-13(19)17(14)20/h5-11,22H,4H2,1-3H3,(H,21,23). The molecule has 0 aromatic heterocycles. The Morgan fingerprint density at radius 3 is 2.52 bits per heavy atom. The Bertz CT molecular complexity index is 946. The molecule has 0 saturated carbocycles. The Kier molecular flexibility index (Phi) is 7.11. The Hall–Kier alpha value is -1.80. The monoisotopic (exact) mass is 430 g/mol. The third-order valence-electron chi connectivity index (χ3n) is 3.39. The fraction of sp³-hybridized carbons (Fsp3) is 0.278. The fourth-order valence-electron chi connectivity index (χ4n) is 2.30. The summed E-state index contributed by atoms with van der Waals surface area (Å²) < 4.78 is 33.1. The second-order valence-electron chi connectivity index (χ2n) is 5.93. The topological polar surface area (TPSA) is 84.5 Å². The van der Waals surface area contributed by atoms with E-state index in [2.05, 4.69) is 10.0 Å². The molecule has 0 fully saturated rings. The highest BCUT2D eigenvalue weighted by molar-refractivity contribution is 7.89. The van der Waals surface area contributed by atoms with Crippen molar-refractivity contribution in [3.8, 4) is 5.75 Å². The number of ether oxygens (including phenoxy) is 1. The van der Waals surface area contributed by atoms with Crippen molar-refractivity contribution in [1.29, 1.82) is 0 Å². The number of halogens is 2. The highest BCUT2D eigenvalue weighted by Gasteiger charge is 2.23. The molecule has 2 aromatic carbocycles. The molecular formula is C18H20Cl2N2O4S. The van der Waals surface area contributed by atoms with Crippen LogP contribution < -0.4 is 14.8 Å². The van der Waals surface area contributed by atoms with Gasteiger partial charge < -0.3 is 10.1 Å². The molecule has 9 heteroatoms. The van der Waals surface area contributed by atoms with Gasteiger partial charge in [-0.1, -0.05) is 29.3 Å². The maximum Gasteiger partial charge on any atom is 0.255 e. The van der Waals surface area contributed by atoms with Gasteiger partial charge in [0.2, 0.25) is 10.0 Å². The fourth-order valence-corrected chi connectivity index (χ4v) is 4.07. The zero-order valence-electron chi connectivity index (χ0n) is 15.0. The molecule has 0 spiro atoms. The molecule has 0 radical (unpaired) electrons. The van der Waals surface area contributed by atoms with Crippen LogP contribution in [0.4, 0.5) is 5.69 Å². The number of hydrogen-bond donors (Lipinski definition) is 2. The van der Waals surface area contributed by atoms with Crippen molar-refractivity contribution in [3.05, 3.63) is 52.0 Å². The van der Waals surface area contributed by atoms with Gasteiger partial charge in [-0.3, -0.25) is 4.79 Å². The number of nitrogens with one attached hydrogen (secondary N) is 2. The maximum atomic E-state index is 12.6. The van der Waals surface area contributed by atoms with Crippen molar-refractivity contribution in [1.82, 2.24) is 4.72 Å². The lowest BCUT2D eigenvalue weighted by atomic mass is 10.2. The van der Waals surface area contributed by atoms with Crippen molar-refractivity contribution < 1.29 is 17.9 Å². The van der Waals surface area contributed by atoms with Gasteiger partial charge in [-0.15, -0.1) is 0 Å². The second kappa shape index (κ2) is 8.93. The van der Waals surface area contributed by atoms with Crippen molar-refractivity contribution in [2.45, 2.75) is 31.7 Å². The summed E-state index contributed by atoms with van der Waals surface area (Å²) in [6.07, 6.45) is 0. The minimum Gasteiger partial charge on any atom is -0.492 e. The summed E-state index contributed by atoms with van der Waals surface area (Å²) in [5, 5.41) is 3.13. The molecule has 6 nitrogen and oxygen atoms in total. The predicted molar refractivity (Wildman–Crippen MR) is 107 cm³/mol. The van der Waals surface area contributed by atoms with Crippen LogP contribution in [0, 0.1) is 0 Å². The molecule has 0 atom stereocenters. The highest BCUT2D eigenvalue weighted by Crippen LogP contribution is 2.30. The summed E-state index contributed by atoms with van der Waals surface area (Å²) in [6.45, 7) is 5.44. The van der Waals surface area contributed by atoms with Gasteiger partial charge in [-0.2, -0.15) is 0 Å². The van der Waals surface area contributed by atoms with E-state index in [1.54, 1.807) is 39.0 Å². The lowest BCUT2D eigenvalue weighted by molar-refractivity contribution is 0.102. The SMILES string of the molecule is CCOc1ccc(C(=O)Nc2cccc(Cl)c2Cl)cc1S(=O)(=O)NC(C)C. The van der Waals surface area contributed by atoms with E-state index < -0.39 is 15.9 Å². The average molecular weight is 431 g/mol. The van der Waals surface area contributed by atoms with Crippen molar-refractivity contribution in [3.63, 3.8) is 0 Å². The first-order chi connectivity index (χ1) is 12.7. The third-order valence-corrected chi connectivity index (χ3v) is 5.88. The van der Waals surface area contributed by atoms with E-state index in [1.807, 2.05) is 0 Å². The lowest BCUT2D eigenvalue weighted by Gasteiger charge is -2.15. The molecular weight excluding hydrogens is 411 g/mol. The third kappa shape index (κ3) is 5.35. The Morgan fingerprint density at radius 1 is 1.19 bits per heavy atom. The highest BCUT2D eigenvalue weighted by atomic mass is 35.5. The van der Waals surface area contributed by atoms with Crippen LogP contribution in [-0.2, 0) is 10.0 Å². The molecule has 146 valence electrons. The summed E-state index contributed by atoms with van der Waals surface area (Å²) in [7, 11) is -3.86. The van der Waals surface area contributed by atoms with Gasteiger partial charge in [0.25, 0.3) is 5.91 Å². The minimum absolute atomic E-state index is 0.108. The molecule has 2 aromatic rings. The molecule has 0 saturated heterocycles. The largest absolute Gasteiger partial charge is 0.492 e. The Morgan fingerprint density at radius 2 is 1.89 bits per heavy atom. The van der Waals surface area contributed by atoms with Crippen LogP contribution in [0.3, 0.4) is 0 Å². The number of hydrogen-bond acceptors (Lipinski definition) is 4. The van der Waals surface area contributed by atoms with Crippen LogP contribution in [-0.4, -0.2) is 27.0 Å². The van der Waals surface area contributed by atoms with Crippen LogP contribution in [0.1, 0.15) is 31.1 Å². The Balaban J connectivity index is 2.41. The quantitative estimate of drug-likeness (QED) is 0.684. The first kappa shape index (κ1) is 21.5. The Labute approximate surface area is 168 Å². The van der Waals surface area contributed by atoms with Gasteiger partial charge in [0.05, 0.1) is 22.3 Å². The number of carbonyl (C=O) groups excluding carboxylic acids is 1. The normalized spacial score (nSPS) is 11.5. The summed E-state index contributed by atoms with van der Waals surface area (Å²) in [4.78, 5) is 12.5. The van der Waals surface area contributed by atoms with Crippen LogP contribution in [0.25, 0.3) is 0 Å². The van der Waals surface area contributed by atoms with Crippen LogP contribution in [0.15, 0.2) is 41.3 Å².